The van der Waals surface area contributed by atoms with Crippen molar-refractivity contribution in [2.75, 3.05) is 13.2 Å². The largest absolute Gasteiger partial charge is 0.396 e. The molecular weight excluding hydrogens is 256 g/mol. The van der Waals surface area contributed by atoms with Gasteiger partial charge < -0.3 is 20.8 Å². The fourth-order valence-electron chi connectivity index (χ4n) is 1.04. The van der Waals surface area contributed by atoms with Gasteiger partial charge in [-0.3, -0.25) is 9.59 Å². The molecule has 4 N–H and O–H groups in total. The minimum atomic E-state index is -1.32. The number of nitrogens with one attached hydrogen (secondary N) is 2. The molecule has 0 rings (SSSR count). The molecule has 7 heteroatoms. The lowest BCUT2D eigenvalue weighted by Gasteiger charge is -2.27. The van der Waals surface area contributed by atoms with Gasteiger partial charge in [0, 0.05) is 24.6 Å². The number of carbonyl (C=O) groups is 2. The van der Waals surface area contributed by atoms with Gasteiger partial charge in [0.25, 0.3) is 0 Å². The molecule has 0 bridgehead atoms. The van der Waals surface area contributed by atoms with Crippen LogP contribution in [0.4, 0.5) is 0 Å². The maximum Gasteiger partial charge on any atom is 0.249 e. The van der Waals surface area contributed by atoms with Crippen LogP contribution in [0.2, 0.25) is 0 Å². The number of rotatable bonds is 7. The van der Waals surface area contributed by atoms with Crippen LogP contribution < -0.4 is 10.6 Å². The first-order valence-electron chi connectivity index (χ1n) is 5.50. The van der Waals surface area contributed by atoms with Gasteiger partial charge in [-0.1, -0.05) is 13.8 Å². The van der Waals surface area contributed by atoms with Crippen LogP contribution in [0, 0.1) is 5.41 Å². The van der Waals surface area contributed by atoms with E-state index >= 15 is 0 Å². The summed E-state index contributed by atoms with van der Waals surface area (Å²) in [4.78, 5) is 22.7. The zero-order valence-electron chi connectivity index (χ0n) is 10.5. The first-order chi connectivity index (χ1) is 8.35. The average Bonchev–Trinajstić information content (AvgIpc) is 2.35. The lowest BCUT2D eigenvalue weighted by molar-refractivity contribution is -0.137. The molecule has 6 nitrogen and oxygen atoms in total. The molecule has 0 aromatic heterocycles. The van der Waals surface area contributed by atoms with E-state index in [0.717, 1.165) is 0 Å². The van der Waals surface area contributed by atoms with E-state index in [1.165, 1.54) is 11.6 Å². The fourth-order valence-corrected chi connectivity index (χ4v) is 1.11. The molecule has 0 aliphatic carbocycles. The van der Waals surface area contributed by atoms with Crippen molar-refractivity contribution in [2.24, 2.45) is 5.41 Å². The molecule has 0 aromatic rings. The minimum absolute atomic E-state index is 0.0934. The van der Waals surface area contributed by atoms with Crippen molar-refractivity contribution < 1.29 is 19.8 Å². The third kappa shape index (κ3) is 6.04. The van der Waals surface area contributed by atoms with Crippen LogP contribution in [0.5, 0.6) is 0 Å². The van der Waals surface area contributed by atoms with E-state index in [1.807, 2.05) is 0 Å². The van der Waals surface area contributed by atoms with Crippen LogP contribution >= 0.6 is 12.6 Å². The van der Waals surface area contributed by atoms with Gasteiger partial charge in [-0.25, -0.2) is 0 Å². The number of aliphatic hydroxyl groups is 2. The van der Waals surface area contributed by atoms with Crippen molar-refractivity contribution in [3.05, 3.63) is 11.6 Å². The summed E-state index contributed by atoms with van der Waals surface area (Å²) in [5.74, 6) is -0.872. The summed E-state index contributed by atoms with van der Waals surface area (Å²) in [7, 11) is 0. The highest BCUT2D eigenvalue weighted by atomic mass is 32.1. The van der Waals surface area contributed by atoms with Crippen LogP contribution in [-0.4, -0.2) is 41.3 Å². The van der Waals surface area contributed by atoms with Crippen molar-refractivity contribution in [1.29, 1.82) is 0 Å². The van der Waals surface area contributed by atoms with Crippen molar-refractivity contribution in [3.8, 4) is 0 Å². The lowest BCUT2D eigenvalue weighted by Crippen LogP contribution is -2.46. The lowest BCUT2D eigenvalue weighted by atomic mass is 9.87. The molecule has 1 atom stereocenters. The number of amides is 2. The number of aliphatic hydroxyl groups excluding tert-OH is 2. The molecule has 0 radical (unpaired) electrons. The Morgan fingerprint density at radius 3 is 2.56 bits per heavy atom. The Morgan fingerprint density at radius 1 is 1.44 bits per heavy atom. The highest BCUT2D eigenvalue weighted by molar-refractivity contribution is 7.83. The van der Waals surface area contributed by atoms with Crippen LogP contribution in [-0.2, 0) is 9.59 Å². The Labute approximate surface area is 112 Å². The number of carbonyl (C=O) groups excluding carboxylic acids is 2. The van der Waals surface area contributed by atoms with Gasteiger partial charge in [-0.05, 0) is 5.41 Å². The van der Waals surface area contributed by atoms with E-state index in [4.69, 9.17) is 5.11 Å². The first-order valence-corrected chi connectivity index (χ1v) is 6.02. The van der Waals surface area contributed by atoms with Crippen molar-refractivity contribution in [2.45, 2.75) is 26.4 Å². The predicted octanol–water partition coefficient (Wildman–Crippen LogP) is -0.611. The smallest absolute Gasteiger partial charge is 0.249 e. The summed E-state index contributed by atoms with van der Waals surface area (Å²) in [5, 5.41) is 24.9. The van der Waals surface area contributed by atoms with Crippen molar-refractivity contribution in [1.82, 2.24) is 10.6 Å². The SMILES string of the molecule is CC(C)(CO)[C@@H](O)C(=O)NCCC(=O)N/C=C\S. The second kappa shape index (κ2) is 8.12. The van der Waals surface area contributed by atoms with E-state index in [1.54, 1.807) is 13.8 Å². The summed E-state index contributed by atoms with van der Waals surface area (Å²) in [5.41, 5.74) is -0.916. The van der Waals surface area contributed by atoms with Crippen LogP contribution in [0.3, 0.4) is 0 Å². The Balaban J connectivity index is 4.01. The molecule has 0 aromatic carbocycles. The van der Waals surface area contributed by atoms with Gasteiger partial charge in [-0.15, -0.1) is 12.6 Å². The first kappa shape index (κ1) is 16.9. The normalized spacial score (nSPS) is 13.4. The molecule has 104 valence electrons. The molecule has 18 heavy (non-hydrogen) atoms. The van der Waals surface area contributed by atoms with Crippen LogP contribution in [0.25, 0.3) is 0 Å². The summed E-state index contributed by atoms with van der Waals surface area (Å²) in [6, 6.07) is 0. The second-order valence-corrected chi connectivity index (χ2v) is 4.77. The molecule has 0 fully saturated rings. The van der Waals surface area contributed by atoms with Gasteiger partial charge in [0.15, 0.2) is 0 Å². The third-order valence-corrected chi connectivity index (χ3v) is 2.52. The van der Waals surface area contributed by atoms with Crippen molar-refractivity contribution >= 4 is 24.4 Å². The third-order valence-electron chi connectivity index (χ3n) is 2.37. The van der Waals surface area contributed by atoms with Gasteiger partial charge in [0.2, 0.25) is 11.8 Å². The number of hydrogen-bond donors (Lipinski definition) is 5. The van der Waals surface area contributed by atoms with E-state index in [9.17, 15) is 14.7 Å². The Hall–Kier alpha value is -1.05. The summed E-state index contributed by atoms with van der Waals surface area (Å²) >= 11 is 3.77. The Bertz CT molecular complexity index is 318. The molecule has 0 unspecified atom stereocenters. The molecule has 0 saturated carbocycles. The number of hydrogen-bond acceptors (Lipinski definition) is 5. The van der Waals surface area contributed by atoms with E-state index in [-0.39, 0.29) is 25.5 Å². The Kier molecular flexibility index (Phi) is 7.65. The second-order valence-electron chi connectivity index (χ2n) is 4.47. The zero-order valence-corrected chi connectivity index (χ0v) is 11.4. The minimum Gasteiger partial charge on any atom is -0.396 e. The van der Waals surface area contributed by atoms with Crippen molar-refractivity contribution in [3.63, 3.8) is 0 Å². The quantitative estimate of drug-likeness (QED) is 0.401. The maximum absolute atomic E-state index is 11.5. The standard InChI is InChI=1S/C11H20N2O4S/c1-11(2,7-14)9(16)10(17)13-4-3-8(15)12-5-6-18/h5-6,9,14,16,18H,3-4,7H2,1-2H3,(H,12,15)(H,13,17)/b6-5-/t9-/m0/s1. The van der Waals surface area contributed by atoms with Gasteiger partial charge in [0.1, 0.15) is 6.10 Å². The molecule has 0 spiro atoms. The van der Waals surface area contributed by atoms with Crippen LogP contribution in [0.15, 0.2) is 11.6 Å². The summed E-state index contributed by atoms with van der Waals surface area (Å²) in [6.07, 6.45) is 0.149. The zero-order chi connectivity index (χ0) is 14.2. The topological polar surface area (TPSA) is 98.7 Å². The van der Waals surface area contributed by atoms with E-state index < -0.39 is 17.4 Å². The van der Waals surface area contributed by atoms with Gasteiger partial charge >= 0.3 is 0 Å². The summed E-state index contributed by atoms with van der Waals surface area (Å²) < 4.78 is 0. The average molecular weight is 276 g/mol. The fraction of sp³-hybridized carbons (Fsp3) is 0.636. The maximum atomic E-state index is 11.5. The molecule has 2 amide bonds. The van der Waals surface area contributed by atoms with Gasteiger partial charge in [0.05, 0.1) is 6.61 Å². The van der Waals surface area contributed by atoms with Crippen LogP contribution in [0.1, 0.15) is 20.3 Å². The number of thiol groups is 1. The monoisotopic (exact) mass is 276 g/mol. The molecule has 0 saturated heterocycles. The molecular formula is C11H20N2O4S. The Morgan fingerprint density at radius 2 is 2.06 bits per heavy atom. The van der Waals surface area contributed by atoms with Gasteiger partial charge in [-0.2, -0.15) is 0 Å². The molecule has 0 aliphatic rings. The highest BCUT2D eigenvalue weighted by Crippen LogP contribution is 2.19. The molecule has 0 aliphatic heterocycles. The molecule has 0 heterocycles. The van der Waals surface area contributed by atoms with E-state index in [0.29, 0.717) is 0 Å². The highest BCUT2D eigenvalue weighted by Gasteiger charge is 2.32. The summed E-state index contributed by atoms with van der Waals surface area (Å²) in [6.45, 7) is 2.95. The predicted molar refractivity (Wildman–Crippen MR) is 70.8 cm³/mol. The van der Waals surface area contributed by atoms with E-state index in [2.05, 4.69) is 23.3 Å².